The van der Waals surface area contributed by atoms with Crippen molar-refractivity contribution in [2.24, 2.45) is 4.99 Å². The fourth-order valence-corrected chi connectivity index (χ4v) is 3.34. The number of morpholine rings is 1. The minimum Gasteiger partial charge on any atom is -0.496 e. The van der Waals surface area contributed by atoms with E-state index in [2.05, 4.69) is 21.3 Å². The van der Waals surface area contributed by atoms with E-state index in [0.29, 0.717) is 13.2 Å². The largest absolute Gasteiger partial charge is 0.496 e. The Hall–Kier alpha value is -1.06. The summed E-state index contributed by atoms with van der Waals surface area (Å²) in [5.41, 5.74) is 1.12. The van der Waals surface area contributed by atoms with Gasteiger partial charge in [-0.2, -0.15) is 0 Å². The average molecular weight is 461 g/mol. The lowest BCUT2D eigenvalue weighted by Gasteiger charge is -2.37. The van der Waals surface area contributed by atoms with Crippen LogP contribution in [0.25, 0.3) is 0 Å². The summed E-state index contributed by atoms with van der Waals surface area (Å²) in [6.45, 7) is 3.90. The van der Waals surface area contributed by atoms with Crippen LogP contribution in [0.3, 0.4) is 0 Å². The predicted octanol–water partition coefficient (Wildman–Crippen LogP) is 2.27. The third-order valence-electron chi connectivity index (χ3n) is 4.61. The fourth-order valence-electron chi connectivity index (χ4n) is 3.34. The third-order valence-corrected chi connectivity index (χ3v) is 4.61. The van der Waals surface area contributed by atoms with E-state index in [-0.39, 0.29) is 36.2 Å². The maximum Gasteiger partial charge on any atom is 0.194 e. The molecule has 0 aliphatic carbocycles. The number of hydrogen-bond donors (Lipinski definition) is 1. The Labute approximate surface area is 166 Å². The van der Waals surface area contributed by atoms with Crippen LogP contribution in [0.15, 0.2) is 29.3 Å². The van der Waals surface area contributed by atoms with Crippen molar-refractivity contribution >= 4 is 29.9 Å². The molecule has 2 aliphatic rings. The summed E-state index contributed by atoms with van der Waals surface area (Å²) in [7, 11) is 3.52. The van der Waals surface area contributed by atoms with Crippen LogP contribution >= 0.6 is 24.0 Å². The van der Waals surface area contributed by atoms with Crippen molar-refractivity contribution in [3.8, 4) is 5.75 Å². The molecule has 2 unspecified atom stereocenters. The van der Waals surface area contributed by atoms with Gasteiger partial charge in [0.05, 0.1) is 19.8 Å². The van der Waals surface area contributed by atoms with Crippen LogP contribution in [0.4, 0.5) is 0 Å². The summed E-state index contributed by atoms with van der Waals surface area (Å²) in [6, 6.07) is 8.03. The van der Waals surface area contributed by atoms with Crippen LogP contribution < -0.4 is 10.1 Å². The zero-order chi connectivity index (χ0) is 16.8. The van der Waals surface area contributed by atoms with Crippen molar-refractivity contribution in [1.82, 2.24) is 10.2 Å². The molecule has 25 heavy (non-hydrogen) atoms. The second kappa shape index (κ2) is 10.2. The van der Waals surface area contributed by atoms with Crippen molar-refractivity contribution in [2.75, 3.05) is 40.5 Å². The number of nitrogens with one attached hydrogen (secondary N) is 1. The Morgan fingerprint density at radius 2 is 2.08 bits per heavy atom. The molecule has 0 aromatic heterocycles. The predicted molar refractivity (Wildman–Crippen MR) is 109 cm³/mol. The molecule has 2 saturated heterocycles. The minimum absolute atomic E-state index is 0. The van der Waals surface area contributed by atoms with Crippen LogP contribution in [0.5, 0.6) is 5.75 Å². The molecule has 2 fully saturated rings. The van der Waals surface area contributed by atoms with Gasteiger partial charge in [0, 0.05) is 38.9 Å². The van der Waals surface area contributed by atoms with E-state index >= 15 is 0 Å². The molecule has 7 heteroatoms. The molecule has 1 N–H and O–H groups in total. The topological polar surface area (TPSA) is 55.3 Å². The number of nitrogens with zero attached hydrogens (tertiary/aromatic N) is 2. The van der Waals surface area contributed by atoms with E-state index in [1.807, 2.05) is 25.2 Å². The van der Waals surface area contributed by atoms with Crippen molar-refractivity contribution in [3.05, 3.63) is 29.8 Å². The zero-order valence-electron chi connectivity index (χ0n) is 14.9. The van der Waals surface area contributed by atoms with Crippen LogP contribution in [0, 0.1) is 0 Å². The van der Waals surface area contributed by atoms with Gasteiger partial charge in [0.1, 0.15) is 11.9 Å². The molecule has 2 aliphatic heterocycles. The summed E-state index contributed by atoms with van der Waals surface area (Å²) < 4.78 is 17.1. The molecule has 1 aromatic rings. The van der Waals surface area contributed by atoms with Crippen molar-refractivity contribution < 1.29 is 14.2 Å². The number of rotatable bonds is 4. The molecular formula is C18H28IN3O3. The monoisotopic (exact) mass is 461 g/mol. The number of guanidine groups is 1. The number of halogens is 1. The van der Waals surface area contributed by atoms with Crippen LogP contribution in [0.2, 0.25) is 0 Å². The van der Waals surface area contributed by atoms with Gasteiger partial charge in [0.25, 0.3) is 0 Å². The maximum absolute atomic E-state index is 5.92. The van der Waals surface area contributed by atoms with Crippen molar-refractivity contribution in [1.29, 1.82) is 0 Å². The van der Waals surface area contributed by atoms with Gasteiger partial charge in [-0.15, -0.1) is 24.0 Å². The van der Waals surface area contributed by atoms with E-state index in [4.69, 9.17) is 14.2 Å². The summed E-state index contributed by atoms with van der Waals surface area (Å²) in [5.74, 6) is 1.78. The van der Waals surface area contributed by atoms with E-state index in [1.165, 1.54) is 0 Å². The second-order valence-electron chi connectivity index (χ2n) is 6.12. The van der Waals surface area contributed by atoms with Crippen LogP contribution in [-0.4, -0.2) is 63.5 Å². The normalized spacial score (nSPS) is 23.9. The van der Waals surface area contributed by atoms with Crippen LogP contribution in [-0.2, 0) is 16.0 Å². The summed E-state index contributed by atoms with van der Waals surface area (Å²) in [4.78, 5) is 6.69. The molecule has 3 rings (SSSR count). The number of para-hydroxylation sites is 1. The Morgan fingerprint density at radius 1 is 1.28 bits per heavy atom. The Kier molecular flexibility index (Phi) is 8.25. The first-order valence-corrected chi connectivity index (χ1v) is 8.62. The van der Waals surface area contributed by atoms with Gasteiger partial charge >= 0.3 is 0 Å². The summed E-state index contributed by atoms with van der Waals surface area (Å²) >= 11 is 0. The summed E-state index contributed by atoms with van der Waals surface area (Å²) in [6.07, 6.45) is 2.57. The van der Waals surface area contributed by atoms with Gasteiger partial charge in [-0.05, 0) is 18.9 Å². The highest BCUT2D eigenvalue weighted by Crippen LogP contribution is 2.21. The standard InChI is InChI=1S/C18H27N3O3.HI/c1-19-18(20-12-14-6-3-4-7-15(14)22-2)21-9-11-24-17(13-21)16-8-5-10-23-16;/h3-4,6-7,16-17H,5,8-13H2,1-2H3,(H,19,20);1H. The first-order chi connectivity index (χ1) is 11.8. The smallest absolute Gasteiger partial charge is 0.194 e. The average Bonchev–Trinajstić information content (AvgIpc) is 3.17. The lowest BCUT2D eigenvalue weighted by molar-refractivity contribution is -0.0817. The molecule has 0 saturated carbocycles. The van der Waals surface area contributed by atoms with Gasteiger partial charge in [-0.3, -0.25) is 4.99 Å². The first-order valence-electron chi connectivity index (χ1n) is 8.62. The SMILES string of the molecule is CN=C(NCc1ccccc1OC)N1CCOC(C2CCCO2)C1.I. The number of benzene rings is 1. The van der Waals surface area contributed by atoms with Crippen LogP contribution in [0.1, 0.15) is 18.4 Å². The lowest BCUT2D eigenvalue weighted by Crippen LogP contribution is -2.53. The quantitative estimate of drug-likeness (QED) is 0.424. The van der Waals surface area contributed by atoms with E-state index in [9.17, 15) is 0 Å². The molecule has 6 nitrogen and oxygen atoms in total. The lowest BCUT2D eigenvalue weighted by atomic mass is 10.1. The van der Waals surface area contributed by atoms with Gasteiger partial charge in [-0.25, -0.2) is 0 Å². The highest BCUT2D eigenvalue weighted by atomic mass is 127. The number of aliphatic imine (C=N–C) groups is 1. The van der Waals surface area contributed by atoms with Crippen molar-refractivity contribution in [2.45, 2.75) is 31.6 Å². The molecule has 140 valence electrons. The Balaban J connectivity index is 0.00000225. The van der Waals surface area contributed by atoms with Gasteiger partial charge < -0.3 is 24.4 Å². The fraction of sp³-hybridized carbons (Fsp3) is 0.611. The summed E-state index contributed by atoms with van der Waals surface area (Å²) in [5, 5.41) is 3.44. The van der Waals surface area contributed by atoms with Crippen molar-refractivity contribution in [3.63, 3.8) is 0 Å². The molecule has 0 amide bonds. The number of ether oxygens (including phenoxy) is 3. The third kappa shape index (κ3) is 5.21. The minimum atomic E-state index is 0. The van der Waals surface area contributed by atoms with E-state index in [1.54, 1.807) is 7.11 Å². The van der Waals surface area contributed by atoms with E-state index in [0.717, 1.165) is 49.8 Å². The Morgan fingerprint density at radius 3 is 2.80 bits per heavy atom. The van der Waals surface area contributed by atoms with Gasteiger partial charge in [-0.1, -0.05) is 18.2 Å². The zero-order valence-corrected chi connectivity index (χ0v) is 17.3. The number of hydrogen-bond acceptors (Lipinski definition) is 4. The molecule has 2 atom stereocenters. The molecule has 2 heterocycles. The highest BCUT2D eigenvalue weighted by Gasteiger charge is 2.32. The maximum atomic E-state index is 5.92. The second-order valence-corrected chi connectivity index (χ2v) is 6.12. The van der Waals surface area contributed by atoms with Gasteiger partial charge in [0.2, 0.25) is 0 Å². The van der Waals surface area contributed by atoms with Gasteiger partial charge in [0.15, 0.2) is 5.96 Å². The molecular weight excluding hydrogens is 433 g/mol. The Bertz CT molecular complexity index is 564. The molecule has 1 aromatic carbocycles. The molecule has 0 spiro atoms. The first kappa shape index (κ1) is 20.3. The molecule has 0 bridgehead atoms. The number of methoxy groups -OCH3 is 1. The highest BCUT2D eigenvalue weighted by molar-refractivity contribution is 14.0. The molecule has 0 radical (unpaired) electrons. The van der Waals surface area contributed by atoms with E-state index < -0.39 is 0 Å².